The molecule has 2 aliphatic heterocycles. The lowest BCUT2D eigenvalue weighted by molar-refractivity contribution is 0.646. The molecule has 0 unspecified atom stereocenters. The van der Waals surface area contributed by atoms with E-state index in [1.165, 1.54) is 66.8 Å². The third-order valence-electron chi connectivity index (χ3n) is 9.15. The summed E-state index contributed by atoms with van der Waals surface area (Å²) >= 11 is 0. The normalized spacial score (nSPS) is 14.2. The molecule has 0 N–H and O–H groups in total. The number of benzene rings is 6. The lowest BCUT2D eigenvalue weighted by Gasteiger charge is -2.45. The van der Waals surface area contributed by atoms with Crippen molar-refractivity contribution in [2.24, 2.45) is 0 Å². The fraction of sp³-hybridized carbons (Fsp3) is 0.0769. The van der Waals surface area contributed by atoms with Crippen LogP contribution in [0.15, 0.2) is 146 Å². The first-order chi connectivity index (χ1) is 20.1. The minimum atomic E-state index is -0.0875. The predicted molar refractivity (Wildman–Crippen MR) is 175 cm³/mol. The zero-order chi connectivity index (χ0) is 27.6. The standard InChI is InChI=1S/C39H30BN/c1-39(2)32-16-9-10-18-34(32)40-35-26-30(28-14-7-4-8-15-28)22-25-36(35)41(37-19-11-17-33(39)38(37)40)31-23-20-29(21-24-31)27-12-5-3-6-13-27/h3-26H,1-2H3. The quantitative estimate of drug-likeness (QED) is 0.213. The molecule has 41 heavy (non-hydrogen) atoms. The van der Waals surface area contributed by atoms with E-state index in [-0.39, 0.29) is 12.1 Å². The van der Waals surface area contributed by atoms with Gasteiger partial charge in [-0.3, -0.25) is 0 Å². The monoisotopic (exact) mass is 523 g/mol. The molecule has 2 heteroatoms. The molecule has 0 saturated heterocycles. The summed E-state index contributed by atoms with van der Waals surface area (Å²) in [4.78, 5) is 2.48. The molecule has 0 saturated carbocycles. The Bertz CT molecular complexity index is 1910. The van der Waals surface area contributed by atoms with Gasteiger partial charge in [-0.15, -0.1) is 0 Å². The highest BCUT2D eigenvalue weighted by Crippen LogP contribution is 2.43. The summed E-state index contributed by atoms with van der Waals surface area (Å²) in [6, 6.07) is 53.5. The summed E-state index contributed by atoms with van der Waals surface area (Å²) in [7, 11) is 0. The van der Waals surface area contributed by atoms with Crippen molar-refractivity contribution in [3.8, 4) is 22.3 Å². The summed E-state index contributed by atoms with van der Waals surface area (Å²) in [6.45, 7) is 4.95. The van der Waals surface area contributed by atoms with Gasteiger partial charge in [-0.05, 0) is 68.6 Å². The van der Waals surface area contributed by atoms with Crippen molar-refractivity contribution in [2.75, 3.05) is 4.90 Å². The molecular weight excluding hydrogens is 493 g/mol. The molecule has 6 aromatic carbocycles. The summed E-state index contributed by atoms with van der Waals surface area (Å²) in [5, 5.41) is 0. The smallest absolute Gasteiger partial charge is 0.247 e. The molecule has 0 aliphatic carbocycles. The Morgan fingerprint density at radius 2 is 1.05 bits per heavy atom. The minimum absolute atomic E-state index is 0.0875. The summed E-state index contributed by atoms with van der Waals surface area (Å²) in [6.07, 6.45) is 0. The van der Waals surface area contributed by atoms with Crippen LogP contribution in [0.3, 0.4) is 0 Å². The Morgan fingerprint density at radius 3 is 1.78 bits per heavy atom. The van der Waals surface area contributed by atoms with Crippen LogP contribution in [0, 0.1) is 0 Å². The second kappa shape index (κ2) is 9.11. The second-order valence-corrected chi connectivity index (χ2v) is 11.8. The molecule has 8 rings (SSSR count). The molecule has 0 atom stereocenters. The fourth-order valence-corrected chi connectivity index (χ4v) is 7.18. The Labute approximate surface area is 242 Å². The Kier molecular flexibility index (Phi) is 5.34. The average Bonchev–Trinajstić information content (AvgIpc) is 3.03. The zero-order valence-electron chi connectivity index (χ0n) is 23.4. The second-order valence-electron chi connectivity index (χ2n) is 11.8. The van der Waals surface area contributed by atoms with Gasteiger partial charge < -0.3 is 4.90 Å². The van der Waals surface area contributed by atoms with Crippen molar-refractivity contribution in [1.82, 2.24) is 0 Å². The lowest BCUT2D eigenvalue weighted by Crippen LogP contribution is -2.64. The number of hydrogen-bond donors (Lipinski definition) is 0. The number of hydrogen-bond acceptors (Lipinski definition) is 1. The third-order valence-corrected chi connectivity index (χ3v) is 9.15. The van der Waals surface area contributed by atoms with E-state index in [4.69, 9.17) is 0 Å². The topological polar surface area (TPSA) is 3.24 Å². The highest BCUT2D eigenvalue weighted by Gasteiger charge is 2.45. The molecule has 0 spiro atoms. The number of nitrogens with zero attached hydrogens (tertiary/aromatic N) is 1. The van der Waals surface area contributed by atoms with E-state index < -0.39 is 0 Å². The van der Waals surface area contributed by atoms with Crippen LogP contribution in [-0.2, 0) is 5.41 Å². The van der Waals surface area contributed by atoms with Crippen LogP contribution < -0.4 is 21.3 Å². The van der Waals surface area contributed by atoms with Gasteiger partial charge in [-0.1, -0.05) is 141 Å². The van der Waals surface area contributed by atoms with Crippen LogP contribution in [0.25, 0.3) is 22.3 Å². The molecule has 0 bridgehead atoms. The van der Waals surface area contributed by atoms with E-state index >= 15 is 0 Å². The van der Waals surface area contributed by atoms with Gasteiger partial charge in [0, 0.05) is 22.5 Å². The summed E-state index contributed by atoms with van der Waals surface area (Å²) in [5.74, 6) is 0. The van der Waals surface area contributed by atoms with Crippen molar-refractivity contribution < 1.29 is 0 Å². The van der Waals surface area contributed by atoms with Gasteiger partial charge in [0.1, 0.15) is 0 Å². The minimum Gasteiger partial charge on any atom is -0.312 e. The van der Waals surface area contributed by atoms with E-state index in [1.807, 2.05) is 0 Å². The SMILES string of the molecule is CC1(C)c2ccccc2B2c3cc(-c4ccccc4)ccc3N(c3ccc(-c4ccccc4)cc3)c3cccc1c32. The van der Waals surface area contributed by atoms with E-state index in [9.17, 15) is 0 Å². The largest absolute Gasteiger partial charge is 0.312 e. The maximum atomic E-state index is 2.48. The van der Waals surface area contributed by atoms with Crippen molar-refractivity contribution in [2.45, 2.75) is 19.3 Å². The van der Waals surface area contributed by atoms with Crippen LogP contribution in [0.2, 0.25) is 0 Å². The Hall–Kier alpha value is -4.82. The molecule has 1 nitrogen and oxygen atoms in total. The molecule has 6 aromatic rings. The predicted octanol–water partition coefficient (Wildman–Crippen LogP) is 7.96. The number of anilines is 3. The molecule has 2 aliphatic rings. The van der Waals surface area contributed by atoms with E-state index in [2.05, 4.69) is 164 Å². The average molecular weight is 523 g/mol. The molecule has 0 amide bonds. The van der Waals surface area contributed by atoms with Gasteiger partial charge in [0.25, 0.3) is 0 Å². The number of fused-ring (bicyclic) bond motifs is 4. The molecule has 2 heterocycles. The first-order valence-electron chi connectivity index (χ1n) is 14.5. The van der Waals surface area contributed by atoms with Gasteiger partial charge in [-0.2, -0.15) is 0 Å². The van der Waals surface area contributed by atoms with Crippen LogP contribution >= 0.6 is 0 Å². The molecule has 194 valence electrons. The van der Waals surface area contributed by atoms with Crippen molar-refractivity contribution >= 4 is 40.2 Å². The highest BCUT2D eigenvalue weighted by molar-refractivity contribution is 6.99. The van der Waals surface area contributed by atoms with Crippen molar-refractivity contribution in [3.63, 3.8) is 0 Å². The van der Waals surface area contributed by atoms with Crippen LogP contribution in [0.1, 0.15) is 25.0 Å². The van der Waals surface area contributed by atoms with E-state index in [1.54, 1.807) is 0 Å². The Morgan fingerprint density at radius 1 is 0.463 bits per heavy atom. The van der Waals surface area contributed by atoms with Gasteiger partial charge >= 0.3 is 0 Å². The fourth-order valence-electron chi connectivity index (χ4n) is 7.18. The van der Waals surface area contributed by atoms with Crippen molar-refractivity contribution in [3.05, 3.63) is 157 Å². The van der Waals surface area contributed by atoms with E-state index in [0.29, 0.717) is 0 Å². The van der Waals surface area contributed by atoms with Crippen LogP contribution in [0.4, 0.5) is 17.1 Å². The third kappa shape index (κ3) is 3.64. The molecule has 0 aromatic heterocycles. The van der Waals surface area contributed by atoms with Crippen molar-refractivity contribution in [1.29, 1.82) is 0 Å². The molecule has 0 radical (unpaired) electrons. The maximum absolute atomic E-state index is 2.48. The lowest BCUT2D eigenvalue weighted by atomic mass is 9.30. The molecule has 0 fully saturated rings. The zero-order valence-corrected chi connectivity index (χ0v) is 23.4. The van der Waals surface area contributed by atoms with Gasteiger partial charge in [0.15, 0.2) is 0 Å². The molecular formula is C39H30BN. The maximum Gasteiger partial charge on any atom is 0.247 e. The summed E-state index contributed by atoms with van der Waals surface area (Å²) in [5.41, 5.74) is 15.7. The summed E-state index contributed by atoms with van der Waals surface area (Å²) < 4.78 is 0. The first kappa shape index (κ1) is 24.0. The first-order valence-corrected chi connectivity index (χ1v) is 14.5. The van der Waals surface area contributed by atoms with Crippen LogP contribution in [-0.4, -0.2) is 6.71 Å². The van der Waals surface area contributed by atoms with Gasteiger partial charge in [0.2, 0.25) is 6.71 Å². The van der Waals surface area contributed by atoms with E-state index in [0.717, 1.165) is 0 Å². The highest BCUT2D eigenvalue weighted by atomic mass is 15.1. The van der Waals surface area contributed by atoms with Gasteiger partial charge in [-0.25, -0.2) is 0 Å². The number of rotatable bonds is 3. The van der Waals surface area contributed by atoms with Gasteiger partial charge in [0.05, 0.1) is 0 Å². The van der Waals surface area contributed by atoms with Crippen LogP contribution in [0.5, 0.6) is 0 Å². The Balaban J connectivity index is 1.38.